The van der Waals surface area contributed by atoms with E-state index in [9.17, 15) is 14.0 Å². The average molecular weight is 407 g/mol. The summed E-state index contributed by atoms with van der Waals surface area (Å²) in [6, 6.07) is 13.8. The Morgan fingerprint density at radius 3 is 2.62 bits per heavy atom. The van der Waals surface area contributed by atoms with Crippen LogP contribution in [0.5, 0.6) is 0 Å². The Hall–Kier alpha value is -3.32. The largest absolute Gasteiger partial charge is 0.365 e. The molecule has 0 aliphatic carbocycles. The molecule has 7 heteroatoms. The molecule has 0 bridgehead atoms. The number of amides is 1. The lowest BCUT2D eigenvalue weighted by molar-refractivity contribution is 0.100. The average Bonchev–Trinajstić information content (AvgIpc) is 3.01. The second-order valence-electron chi connectivity index (χ2n) is 6.93. The molecule has 1 amide bonds. The molecule has 29 heavy (non-hydrogen) atoms. The van der Waals surface area contributed by atoms with Crippen LogP contribution in [0.15, 0.2) is 53.3 Å². The van der Waals surface area contributed by atoms with E-state index in [1.165, 1.54) is 16.7 Å². The molecule has 0 saturated heterocycles. The maximum Gasteiger partial charge on any atom is 0.263 e. The van der Waals surface area contributed by atoms with Crippen molar-refractivity contribution in [1.82, 2.24) is 9.55 Å². The molecule has 0 saturated carbocycles. The number of benzene rings is 2. The number of nitrogens with zero attached hydrogens (tertiary/aromatic N) is 2. The molecule has 0 spiro atoms. The van der Waals surface area contributed by atoms with Crippen LogP contribution in [0.1, 0.15) is 26.4 Å². The molecule has 0 fully saturated rings. The first kappa shape index (κ1) is 19.0. The summed E-state index contributed by atoms with van der Waals surface area (Å²) in [5, 5.41) is 0.372. The maximum absolute atomic E-state index is 13.7. The van der Waals surface area contributed by atoms with Gasteiger partial charge in [-0.25, -0.2) is 9.37 Å². The molecule has 4 aromatic rings. The van der Waals surface area contributed by atoms with Crippen molar-refractivity contribution < 1.29 is 9.18 Å². The molecule has 0 unspecified atom stereocenters. The lowest BCUT2D eigenvalue weighted by atomic mass is 10.1. The van der Waals surface area contributed by atoms with Gasteiger partial charge in [-0.05, 0) is 43.2 Å². The first-order chi connectivity index (χ1) is 13.8. The summed E-state index contributed by atoms with van der Waals surface area (Å²) in [5.41, 5.74) is 8.15. The number of aryl methyl sites for hydroxylation is 2. The highest BCUT2D eigenvalue weighted by atomic mass is 32.1. The summed E-state index contributed by atoms with van der Waals surface area (Å²) >= 11 is 1.12. The minimum absolute atomic E-state index is 0.157. The van der Waals surface area contributed by atoms with E-state index in [1.54, 1.807) is 19.1 Å². The molecule has 2 heterocycles. The lowest BCUT2D eigenvalue weighted by Gasteiger charge is -2.13. The van der Waals surface area contributed by atoms with Crippen molar-refractivity contribution in [2.75, 3.05) is 0 Å². The van der Waals surface area contributed by atoms with Crippen molar-refractivity contribution in [2.45, 2.75) is 20.4 Å². The molecule has 2 aromatic heterocycles. The number of carbonyl (C=O) groups is 1. The van der Waals surface area contributed by atoms with Gasteiger partial charge in [-0.1, -0.05) is 35.9 Å². The molecule has 5 nitrogen and oxygen atoms in total. The first-order valence-corrected chi connectivity index (χ1v) is 9.82. The minimum Gasteiger partial charge on any atom is -0.365 e. The molecule has 0 aliphatic rings. The van der Waals surface area contributed by atoms with Gasteiger partial charge in [0.2, 0.25) is 0 Å². The maximum atomic E-state index is 13.7. The normalized spacial score (nSPS) is 11.1. The van der Waals surface area contributed by atoms with Crippen LogP contribution in [0.2, 0.25) is 0 Å². The number of fused-ring (bicyclic) bond motifs is 1. The summed E-state index contributed by atoms with van der Waals surface area (Å²) in [6.45, 7) is 3.81. The van der Waals surface area contributed by atoms with Crippen LogP contribution >= 0.6 is 11.3 Å². The Kier molecular flexibility index (Phi) is 4.76. The quantitative estimate of drug-likeness (QED) is 0.555. The summed E-state index contributed by atoms with van der Waals surface area (Å²) in [5.74, 6) is -0.490. The summed E-state index contributed by atoms with van der Waals surface area (Å²) in [7, 11) is 0. The van der Waals surface area contributed by atoms with Gasteiger partial charge in [0, 0.05) is 5.56 Å². The molecule has 2 N–H and O–H groups in total. The highest BCUT2D eigenvalue weighted by Crippen LogP contribution is 2.29. The van der Waals surface area contributed by atoms with Gasteiger partial charge in [0.15, 0.2) is 0 Å². The number of primary amides is 1. The highest BCUT2D eigenvalue weighted by Gasteiger charge is 2.21. The third kappa shape index (κ3) is 3.45. The van der Waals surface area contributed by atoms with E-state index in [2.05, 4.69) is 0 Å². The van der Waals surface area contributed by atoms with E-state index in [1.807, 2.05) is 31.2 Å². The van der Waals surface area contributed by atoms with Crippen molar-refractivity contribution in [2.24, 2.45) is 5.73 Å². The fraction of sp³-hybridized carbons (Fsp3) is 0.136. The molecule has 0 aliphatic heterocycles. The van der Waals surface area contributed by atoms with E-state index in [-0.39, 0.29) is 17.9 Å². The van der Waals surface area contributed by atoms with Gasteiger partial charge < -0.3 is 5.73 Å². The third-order valence-electron chi connectivity index (χ3n) is 4.78. The topological polar surface area (TPSA) is 78.0 Å². The number of thiophene rings is 1. The zero-order valence-corrected chi connectivity index (χ0v) is 16.7. The van der Waals surface area contributed by atoms with Crippen molar-refractivity contribution in [1.29, 1.82) is 0 Å². The standard InChI is InChI=1S/C22H18FN3O2S/c1-12-5-3-7-15(9-12)20-25-21-17(13(2)18(29-21)19(24)27)22(28)26(20)11-14-6-4-8-16(23)10-14/h3-10H,11H2,1-2H3,(H2,24,27). The molecule has 4 rings (SSSR count). The SMILES string of the molecule is Cc1cccc(-c2nc3sc(C(N)=O)c(C)c3c(=O)n2Cc2cccc(F)c2)c1. The Morgan fingerprint density at radius 1 is 1.17 bits per heavy atom. The van der Waals surface area contributed by atoms with Gasteiger partial charge in [0.05, 0.1) is 16.8 Å². The summed E-state index contributed by atoms with van der Waals surface area (Å²) < 4.78 is 15.2. The van der Waals surface area contributed by atoms with Crippen molar-refractivity contribution in [3.8, 4) is 11.4 Å². The molecular weight excluding hydrogens is 389 g/mol. The number of hydrogen-bond acceptors (Lipinski definition) is 4. The van der Waals surface area contributed by atoms with Crippen LogP contribution in [-0.4, -0.2) is 15.5 Å². The summed E-state index contributed by atoms with van der Waals surface area (Å²) in [4.78, 5) is 30.7. The van der Waals surface area contributed by atoms with Gasteiger partial charge in [-0.15, -0.1) is 11.3 Å². The van der Waals surface area contributed by atoms with Crippen LogP contribution in [0.3, 0.4) is 0 Å². The zero-order valence-electron chi connectivity index (χ0n) is 15.9. The van der Waals surface area contributed by atoms with Crippen LogP contribution in [0.4, 0.5) is 4.39 Å². The van der Waals surface area contributed by atoms with Gasteiger partial charge >= 0.3 is 0 Å². The Balaban J connectivity index is 2.03. The molecule has 0 atom stereocenters. The first-order valence-electron chi connectivity index (χ1n) is 9.00. The molecule has 2 aromatic carbocycles. The van der Waals surface area contributed by atoms with Crippen molar-refractivity contribution >= 4 is 27.5 Å². The molecule has 0 radical (unpaired) electrons. The zero-order chi connectivity index (χ0) is 20.7. The van der Waals surface area contributed by atoms with E-state index in [0.29, 0.717) is 32.0 Å². The van der Waals surface area contributed by atoms with Crippen LogP contribution in [-0.2, 0) is 6.54 Å². The fourth-order valence-corrected chi connectivity index (χ4v) is 4.44. The monoisotopic (exact) mass is 407 g/mol. The van der Waals surface area contributed by atoms with Crippen LogP contribution in [0.25, 0.3) is 21.6 Å². The van der Waals surface area contributed by atoms with Crippen molar-refractivity contribution in [3.05, 3.63) is 86.3 Å². The van der Waals surface area contributed by atoms with E-state index in [0.717, 1.165) is 22.5 Å². The second-order valence-corrected chi connectivity index (χ2v) is 7.93. The Morgan fingerprint density at radius 2 is 1.93 bits per heavy atom. The lowest BCUT2D eigenvalue weighted by Crippen LogP contribution is -2.24. The third-order valence-corrected chi connectivity index (χ3v) is 5.98. The number of hydrogen-bond donors (Lipinski definition) is 1. The van der Waals surface area contributed by atoms with Gasteiger partial charge in [-0.3, -0.25) is 14.2 Å². The smallest absolute Gasteiger partial charge is 0.263 e. The summed E-state index contributed by atoms with van der Waals surface area (Å²) in [6.07, 6.45) is 0. The number of halogens is 1. The molecular formula is C22H18FN3O2S. The number of rotatable bonds is 4. The Labute approximate surface area is 170 Å². The highest BCUT2D eigenvalue weighted by molar-refractivity contribution is 7.20. The van der Waals surface area contributed by atoms with Gasteiger partial charge in [-0.2, -0.15) is 0 Å². The van der Waals surface area contributed by atoms with E-state index >= 15 is 0 Å². The predicted octanol–water partition coefficient (Wildman–Crippen LogP) is 4.03. The Bertz CT molecular complexity index is 1320. The molecule has 146 valence electrons. The number of nitrogens with two attached hydrogens (primary N) is 1. The van der Waals surface area contributed by atoms with Gasteiger partial charge in [0.1, 0.15) is 16.5 Å². The van der Waals surface area contributed by atoms with E-state index < -0.39 is 5.91 Å². The fourth-order valence-electron chi connectivity index (χ4n) is 3.42. The predicted molar refractivity (Wildman–Crippen MR) is 113 cm³/mol. The van der Waals surface area contributed by atoms with Gasteiger partial charge in [0.25, 0.3) is 11.5 Å². The van der Waals surface area contributed by atoms with Crippen LogP contribution < -0.4 is 11.3 Å². The van der Waals surface area contributed by atoms with E-state index in [4.69, 9.17) is 10.7 Å². The van der Waals surface area contributed by atoms with Crippen LogP contribution in [0, 0.1) is 19.7 Å². The minimum atomic E-state index is -0.585. The second kappa shape index (κ2) is 7.25. The number of aromatic nitrogens is 2. The number of carbonyl (C=O) groups excluding carboxylic acids is 1. The van der Waals surface area contributed by atoms with Crippen molar-refractivity contribution in [3.63, 3.8) is 0 Å².